The minimum Gasteiger partial charge on any atom is -0.340 e. The maximum Gasteiger partial charge on any atom is 0.223 e. The van der Waals surface area contributed by atoms with Crippen LogP contribution in [0.3, 0.4) is 0 Å². The molecule has 0 spiro atoms. The monoisotopic (exact) mass is 375 g/mol. The summed E-state index contributed by atoms with van der Waals surface area (Å²) >= 11 is 0. The molecule has 2 aromatic carbocycles. The summed E-state index contributed by atoms with van der Waals surface area (Å²) in [4.78, 5) is 17.2. The van der Waals surface area contributed by atoms with Crippen molar-refractivity contribution >= 4 is 5.91 Å². The van der Waals surface area contributed by atoms with Crippen LogP contribution >= 0.6 is 0 Å². The molecule has 4 heteroatoms. The second kappa shape index (κ2) is 9.52. The molecular formula is C24H29N3O. The first-order chi connectivity index (χ1) is 13.6. The Hall–Kier alpha value is -2.64. The van der Waals surface area contributed by atoms with Gasteiger partial charge in [-0.3, -0.25) is 9.69 Å². The summed E-state index contributed by atoms with van der Waals surface area (Å²) in [5.41, 5.74) is 2.34. The predicted molar refractivity (Wildman–Crippen MR) is 112 cm³/mol. The molecule has 28 heavy (non-hydrogen) atoms. The van der Waals surface area contributed by atoms with Crippen molar-refractivity contribution in [1.82, 2.24) is 9.80 Å². The molecule has 146 valence electrons. The molecule has 3 rings (SSSR count). The van der Waals surface area contributed by atoms with Crippen molar-refractivity contribution in [2.24, 2.45) is 5.92 Å². The zero-order valence-corrected chi connectivity index (χ0v) is 16.8. The highest BCUT2D eigenvalue weighted by Crippen LogP contribution is 2.29. The van der Waals surface area contributed by atoms with Gasteiger partial charge in [0.25, 0.3) is 0 Å². The summed E-state index contributed by atoms with van der Waals surface area (Å²) in [7, 11) is 0. The molecular weight excluding hydrogens is 346 g/mol. The van der Waals surface area contributed by atoms with Gasteiger partial charge in [-0.1, -0.05) is 74.5 Å². The first-order valence-corrected chi connectivity index (χ1v) is 10.1. The van der Waals surface area contributed by atoms with E-state index in [4.69, 9.17) is 0 Å². The van der Waals surface area contributed by atoms with Gasteiger partial charge in [0.2, 0.25) is 5.91 Å². The number of carbonyl (C=O) groups excluding carboxylic acids is 1. The number of piperazine rings is 1. The van der Waals surface area contributed by atoms with Crippen molar-refractivity contribution in [1.29, 1.82) is 5.26 Å². The van der Waals surface area contributed by atoms with Crippen molar-refractivity contribution in [2.75, 3.05) is 26.2 Å². The van der Waals surface area contributed by atoms with Crippen LogP contribution in [0, 0.1) is 17.2 Å². The van der Waals surface area contributed by atoms with Crippen LogP contribution in [0.15, 0.2) is 60.7 Å². The minimum atomic E-state index is -0.0707. The Morgan fingerprint density at radius 1 is 0.929 bits per heavy atom. The van der Waals surface area contributed by atoms with Crippen molar-refractivity contribution in [2.45, 2.75) is 32.2 Å². The van der Waals surface area contributed by atoms with Crippen molar-refractivity contribution in [3.05, 3.63) is 71.8 Å². The van der Waals surface area contributed by atoms with Gasteiger partial charge < -0.3 is 4.90 Å². The largest absolute Gasteiger partial charge is 0.340 e. The molecule has 1 unspecified atom stereocenters. The Morgan fingerprint density at radius 3 is 1.86 bits per heavy atom. The Kier molecular flexibility index (Phi) is 6.84. The van der Waals surface area contributed by atoms with Gasteiger partial charge in [0.1, 0.15) is 6.04 Å². The van der Waals surface area contributed by atoms with Gasteiger partial charge in [-0.05, 0) is 17.0 Å². The van der Waals surface area contributed by atoms with E-state index in [1.165, 1.54) is 11.1 Å². The molecule has 0 bridgehead atoms. The van der Waals surface area contributed by atoms with Crippen LogP contribution in [0.4, 0.5) is 0 Å². The molecule has 2 aromatic rings. The molecule has 1 aliphatic rings. The third-order valence-electron chi connectivity index (χ3n) is 5.61. The molecule has 1 aliphatic heterocycles. The number of nitrogens with zero attached hydrogens (tertiary/aromatic N) is 3. The number of hydrogen-bond donors (Lipinski definition) is 0. The Bertz CT molecular complexity index is 750. The first-order valence-electron chi connectivity index (χ1n) is 10.1. The summed E-state index contributed by atoms with van der Waals surface area (Å²) in [5.74, 6) is 0.554. The van der Waals surface area contributed by atoms with Crippen LogP contribution in [-0.2, 0) is 4.79 Å². The van der Waals surface area contributed by atoms with E-state index >= 15 is 0 Å². The van der Waals surface area contributed by atoms with E-state index < -0.39 is 0 Å². The maximum atomic E-state index is 13.1. The highest BCUT2D eigenvalue weighted by molar-refractivity contribution is 5.78. The van der Waals surface area contributed by atoms with Crippen LogP contribution in [0.1, 0.15) is 37.3 Å². The van der Waals surface area contributed by atoms with Gasteiger partial charge in [0.05, 0.1) is 6.07 Å². The molecule has 0 aromatic heterocycles. The second-order valence-corrected chi connectivity index (χ2v) is 7.81. The quantitative estimate of drug-likeness (QED) is 0.769. The molecule has 0 radical (unpaired) electrons. The summed E-state index contributed by atoms with van der Waals surface area (Å²) in [6, 6.07) is 22.9. The normalized spacial score (nSPS) is 16.2. The smallest absolute Gasteiger partial charge is 0.223 e. The standard InChI is InChI=1S/C24H29N3O/c1-19(2)23(18-25)26-13-15-27(16-14-26)24(28)17-22(20-9-5-3-6-10-20)21-11-7-4-8-12-21/h3-12,19,22-23H,13-17H2,1-2H3. The SMILES string of the molecule is CC(C)C(C#N)N1CCN(C(=O)CC(c2ccccc2)c2ccccc2)CC1. The zero-order chi connectivity index (χ0) is 19.9. The molecule has 1 fully saturated rings. The molecule has 1 amide bonds. The Morgan fingerprint density at radius 2 is 1.43 bits per heavy atom. The lowest BCUT2D eigenvalue weighted by Crippen LogP contribution is -2.53. The van der Waals surface area contributed by atoms with Gasteiger partial charge in [0, 0.05) is 38.5 Å². The third-order valence-corrected chi connectivity index (χ3v) is 5.61. The van der Waals surface area contributed by atoms with Crippen LogP contribution in [0.5, 0.6) is 0 Å². The highest BCUT2D eigenvalue weighted by Gasteiger charge is 2.29. The summed E-state index contributed by atoms with van der Waals surface area (Å²) in [6.07, 6.45) is 0.472. The number of amides is 1. The van der Waals surface area contributed by atoms with E-state index in [0.29, 0.717) is 25.4 Å². The van der Waals surface area contributed by atoms with Gasteiger partial charge in [-0.25, -0.2) is 0 Å². The van der Waals surface area contributed by atoms with Gasteiger partial charge in [-0.15, -0.1) is 0 Å². The van der Waals surface area contributed by atoms with Crippen molar-refractivity contribution < 1.29 is 4.79 Å². The number of carbonyl (C=O) groups is 1. The first kappa shape index (κ1) is 20.1. The van der Waals surface area contributed by atoms with Crippen LogP contribution in [0.2, 0.25) is 0 Å². The fourth-order valence-electron chi connectivity index (χ4n) is 4.00. The van der Waals surface area contributed by atoms with E-state index in [9.17, 15) is 10.1 Å². The number of rotatable bonds is 6. The van der Waals surface area contributed by atoms with Crippen molar-refractivity contribution in [3.8, 4) is 6.07 Å². The molecule has 1 heterocycles. The summed E-state index contributed by atoms with van der Waals surface area (Å²) in [6.45, 7) is 7.08. The Labute approximate surface area is 168 Å². The predicted octanol–water partition coefficient (Wildman–Crippen LogP) is 3.90. The lowest BCUT2D eigenvalue weighted by molar-refractivity contribution is -0.133. The molecule has 1 atom stereocenters. The second-order valence-electron chi connectivity index (χ2n) is 7.81. The summed E-state index contributed by atoms with van der Waals surface area (Å²) in [5, 5.41) is 9.42. The van der Waals surface area contributed by atoms with E-state index in [1.807, 2.05) is 41.3 Å². The van der Waals surface area contributed by atoms with Crippen molar-refractivity contribution in [3.63, 3.8) is 0 Å². The topological polar surface area (TPSA) is 47.3 Å². The average Bonchev–Trinajstić information content (AvgIpc) is 2.74. The van der Waals surface area contributed by atoms with E-state index in [2.05, 4.69) is 49.1 Å². The van der Waals surface area contributed by atoms with Crippen LogP contribution in [-0.4, -0.2) is 47.9 Å². The van der Waals surface area contributed by atoms with Gasteiger partial charge in [0.15, 0.2) is 0 Å². The number of benzene rings is 2. The fourth-order valence-corrected chi connectivity index (χ4v) is 4.00. The van der Waals surface area contributed by atoms with E-state index in [-0.39, 0.29) is 17.9 Å². The van der Waals surface area contributed by atoms with Crippen LogP contribution < -0.4 is 0 Å². The van der Waals surface area contributed by atoms with Crippen LogP contribution in [0.25, 0.3) is 0 Å². The minimum absolute atomic E-state index is 0.0652. The molecule has 0 N–H and O–H groups in total. The number of hydrogen-bond acceptors (Lipinski definition) is 3. The van der Waals surface area contributed by atoms with E-state index in [1.54, 1.807) is 0 Å². The maximum absolute atomic E-state index is 13.1. The third kappa shape index (κ3) is 4.79. The summed E-state index contributed by atoms with van der Waals surface area (Å²) < 4.78 is 0. The van der Waals surface area contributed by atoms with Gasteiger partial charge in [-0.2, -0.15) is 5.26 Å². The van der Waals surface area contributed by atoms with E-state index in [0.717, 1.165) is 13.1 Å². The molecule has 1 saturated heterocycles. The Balaban J connectivity index is 1.68. The lowest BCUT2D eigenvalue weighted by Gasteiger charge is -2.38. The van der Waals surface area contributed by atoms with Gasteiger partial charge >= 0.3 is 0 Å². The fraction of sp³-hybridized carbons (Fsp3) is 0.417. The average molecular weight is 376 g/mol. The number of nitriles is 1. The molecule has 0 saturated carbocycles. The highest BCUT2D eigenvalue weighted by atomic mass is 16.2. The lowest BCUT2D eigenvalue weighted by atomic mass is 9.88. The molecule has 4 nitrogen and oxygen atoms in total. The molecule has 0 aliphatic carbocycles. The zero-order valence-electron chi connectivity index (χ0n) is 16.8.